The van der Waals surface area contributed by atoms with E-state index in [0.29, 0.717) is 30.3 Å². The van der Waals surface area contributed by atoms with Crippen molar-refractivity contribution in [2.24, 2.45) is 0 Å². The van der Waals surface area contributed by atoms with Crippen molar-refractivity contribution < 1.29 is 23.7 Å². The highest BCUT2D eigenvalue weighted by Gasteiger charge is 2.30. The summed E-state index contributed by atoms with van der Waals surface area (Å²) in [4.78, 5) is 12.5. The number of carbonyl (C=O) groups is 1. The second kappa shape index (κ2) is 7.29. The highest BCUT2D eigenvalue weighted by atomic mass is 16.7. The van der Waals surface area contributed by atoms with Crippen molar-refractivity contribution in [3.8, 4) is 23.0 Å². The molecule has 0 spiro atoms. The third-order valence-corrected chi connectivity index (χ3v) is 5.47. The minimum Gasteiger partial charge on any atom is -0.493 e. The zero-order chi connectivity index (χ0) is 20.7. The lowest BCUT2D eigenvalue weighted by Gasteiger charge is -2.24. The normalized spacial score (nSPS) is 16.7. The van der Waals surface area contributed by atoms with E-state index in [1.54, 1.807) is 18.9 Å². The molecule has 5 rings (SSSR count). The summed E-state index contributed by atoms with van der Waals surface area (Å²) >= 11 is 0. The van der Waals surface area contributed by atoms with Gasteiger partial charge in [-0.3, -0.25) is 4.79 Å². The molecule has 1 amide bonds. The van der Waals surface area contributed by atoms with Gasteiger partial charge in [0.15, 0.2) is 23.0 Å². The number of ether oxygens (including phenoxy) is 4. The molecular weight excluding hydrogens is 386 g/mol. The molecule has 2 aliphatic rings. The number of rotatable bonds is 5. The molecule has 0 aliphatic carbocycles. The first-order valence-electron chi connectivity index (χ1n) is 9.62. The van der Waals surface area contributed by atoms with E-state index < -0.39 is 0 Å². The lowest BCUT2D eigenvalue weighted by molar-refractivity contribution is -0.116. The van der Waals surface area contributed by atoms with Crippen LogP contribution in [0.2, 0.25) is 0 Å². The molecule has 1 atom stereocenters. The van der Waals surface area contributed by atoms with Crippen molar-refractivity contribution in [1.29, 1.82) is 0 Å². The van der Waals surface area contributed by atoms with Gasteiger partial charge >= 0.3 is 0 Å². The van der Waals surface area contributed by atoms with Crippen LogP contribution in [0.3, 0.4) is 0 Å². The van der Waals surface area contributed by atoms with Crippen LogP contribution in [-0.4, -0.2) is 36.7 Å². The zero-order valence-electron chi connectivity index (χ0n) is 16.7. The predicted molar refractivity (Wildman–Crippen MR) is 109 cm³/mol. The topological polar surface area (TPSA) is 83.8 Å². The second-order valence-corrected chi connectivity index (χ2v) is 7.21. The third-order valence-electron chi connectivity index (χ3n) is 5.47. The largest absolute Gasteiger partial charge is 0.493 e. The number of nitrogens with one attached hydrogen (secondary N) is 1. The molecular formula is C22H21N3O5. The van der Waals surface area contributed by atoms with Crippen molar-refractivity contribution in [2.75, 3.05) is 26.3 Å². The lowest BCUT2D eigenvalue weighted by Crippen LogP contribution is -2.25. The van der Waals surface area contributed by atoms with Crippen LogP contribution < -0.4 is 24.3 Å². The minimum atomic E-state index is -0.112. The van der Waals surface area contributed by atoms with Gasteiger partial charge in [-0.1, -0.05) is 12.1 Å². The Hall–Kier alpha value is -3.68. The molecule has 0 bridgehead atoms. The molecule has 0 saturated carbocycles. The number of anilines is 1. The number of nitrogens with zero attached hydrogens (tertiary/aromatic N) is 2. The molecule has 2 aliphatic heterocycles. The van der Waals surface area contributed by atoms with E-state index in [4.69, 9.17) is 18.9 Å². The number of fused-ring (bicyclic) bond motifs is 2. The van der Waals surface area contributed by atoms with Crippen molar-refractivity contribution >= 4 is 11.7 Å². The molecule has 154 valence electrons. The fraction of sp³-hybridized carbons (Fsp3) is 0.273. The molecule has 1 N–H and O–H groups in total. The first-order chi connectivity index (χ1) is 14.7. The summed E-state index contributed by atoms with van der Waals surface area (Å²) in [5.74, 6) is 3.30. The fourth-order valence-electron chi connectivity index (χ4n) is 3.97. The molecule has 1 aromatic heterocycles. The Balaban J connectivity index is 1.48. The average Bonchev–Trinajstić information content (AvgIpc) is 3.39. The van der Waals surface area contributed by atoms with Gasteiger partial charge in [0.25, 0.3) is 0 Å². The van der Waals surface area contributed by atoms with E-state index in [2.05, 4.69) is 10.4 Å². The molecule has 0 unspecified atom stereocenters. The number of aromatic nitrogens is 2. The van der Waals surface area contributed by atoms with Crippen molar-refractivity contribution in [2.45, 2.75) is 18.9 Å². The molecule has 3 heterocycles. The predicted octanol–water partition coefficient (Wildman–Crippen LogP) is 3.15. The highest BCUT2D eigenvalue weighted by molar-refractivity contribution is 5.94. The second-order valence-electron chi connectivity index (χ2n) is 7.21. The summed E-state index contributed by atoms with van der Waals surface area (Å²) in [6.07, 6.45) is 2.17. The van der Waals surface area contributed by atoms with Gasteiger partial charge in [0.2, 0.25) is 12.7 Å². The monoisotopic (exact) mass is 407 g/mol. The number of hydrogen-bond donors (Lipinski definition) is 1. The van der Waals surface area contributed by atoms with Gasteiger partial charge in [0, 0.05) is 17.9 Å². The maximum atomic E-state index is 12.5. The van der Waals surface area contributed by atoms with Crippen molar-refractivity contribution in [1.82, 2.24) is 9.78 Å². The Morgan fingerprint density at radius 2 is 1.93 bits per heavy atom. The molecule has 8 heteroatoms. The summed E-state index contributed by atoms with van der Waals surface area (Å²) in [7, 11) is 3.20. The molecule has 0 fully saturated rings. The number of benzene rings is 2. The molecule has 3 aromatic rings. The van der Waals surface area contributed by atoms with Crippen LogP contribution in [0.25, 0.3) is 0 Å². The van der Waals surface area contributed by atoms with E-state index in [0.717, 1.165) is 28.2 Å². The standard InChI is InChI=1S/C22H21N3O5/c1-27-17-6-4-14(8-19(17)28-2)15-9-21(26)24-22-16(15)10-23-25(22)11-13-3-5-18-20(7-13)30-12-29-18/h3-8,10,15H,9,11-12H2,1-2H3,(H,24,26)/t15-/m1/s1. The third kappa shape index (κ3) is 3.10. The van der Waals surface area contributed by atoms with Crippen molar-refractivity contribution in [3.05, 3.63) is 59.3 Å². The number of methoxy groups -OCH3 is 2. The Bertz CT molecular complexity index is 1120. The molecule has 0 radical (unpaired) electrons. The minimum absolute atomic E-state index is 0.0466. The van der Waals surface area contributed by atoms with Crippen molar-refractivity contribution in [3.63, 3.8) is 0 Å². The highest BCUT2D eigenvalue weighted by Crippen LogP contribution is 2.40. The number of carbonyl (C=O) groups excluding carboxylic acids is 1. The smallest absolute Gasteiger partial charge is 0.231 e. The maximum Gasteiger partial charge on any atom is 0.231 e. The quantitative estimate of drug-likeness (QED) is 0.700. The van der Waals surface area contributed by atoms with Crippen LogP contribution in [0, 0.1) is 0 Å². The lowest BCUT2D eigenvalue weighted by atomic mass is 9.87. The van der Waals surface area contributed by atoms with E-state index in [1.807, 2.05) is 42.6 Å². The average molecular weight is 407 g/mol. The van der Waals surface area contributed by atoms with E-state index in [1.165, 1.54) is 0 Å². The van der Waals surface area contributed by atoms with Gasteiger partial charge in [-0.15, -0.1) is 0 Å². The van der Waals surface area contributed by atoms with Gasteiger partial charge in [-0.2, -0.15) is 5.10 Å². The first kappa shape index (κ1) is 18.4. The Morgan fingerprint density at radius 1 is 1.10 bits per heavy atom. The number of hydrogen-bond acceptors (Lipinski definition) is 6. The molecule has 8 nitrogen and oxygen atoms in total. The molecule has 30 heavy (non-hydrogen) atoms. The van der Waals surface area contributed by atoms with Gasteiger partial charge in [-0.05, 0) is 35.4 Å². The van der Waals surface area contributed by atoms with E-state index in [9.17, 15) is 4.79 Å². The summed E-state index contributed by atoms with van der Waals surface area (Å²) in [5.41, 5.74) is 2.96. The van der Waals surface area contributed by atoms with Crippen LogP contribution in [0.1, 0.15) is 29.0 Å². The summed E-state index contributed by atoms with van der Waals surface area (Å²) in [6.45, 7) is 0.740. The van der Waals surface area contributed by atoms with Gasteiger partial charge in [0.05, 0.1) is 27.0 Å². The van der Waals surface area contributed by atoms with Gasteiger partial charge < -0.3 is 24.3 Å². The van der Waals surface area contributed by atoms with Crippen LogP contribution in [0.5, 0.6) is 23.0 Å². The van der Waals surface area contributed by atoms with E-state index in [-0.39, 0.29) is 18.6 Å². The zero-order valence-corrected chi connectivity index (χ0v) is 16.7. The SMILES string of the molecule is COc1ccc([C@H]2CC(=O)Nc3c2cnn3Cc2ccc3c(c2)OCO3)cc1OC. The Morgan fingerprint density at radius 3 is 2.77 bits per heavy atom. The summed E-state index contributed by atoms with van der Waals surface area (Å²) < 4.78 is 23.4. The van der Waals surface area contributed by atoms with Crippen LogP contribution >= 0.6 is 0 Å². The number of amides is 1. The van der Waals surface area contributed by atoms with Gasteiger partial charge in [0.1, 0.15) is 5.82 Å². The van der Waals surface area contributed by atoms with Crippen LogP contribution in [0.4, 0.5) is 5.82 Å². The summed E-state index contributed by atoms with van der Waals surface area (Å²) in [6, 6.07) is 11.5. The fourth-order valence-corrected chi connectivity index (χ4v) is 3.97. The Labute approximate surface area is 173 Å². The Kier molecular flexibility index (Phi) is 4.46. The first-order valence-corrected chi connectivity index (χ1v) is 9.62. The van der Waals surface area contributed by atoms with Gasteiger partial charge in [-0.25, -0.2) is 4.68 Å². The maximum absolute atomic E-state index is 12.5. The summed E-state index contributed by atoms with van der Waals surface area (Å²) in [5, 5.41) is 7.53. The van der Waals surface area contributed by atoms with E-state index >= 15 is 0 Å². The molecule has 0 saturated heterocycles. The van der Waals surface area contributed by atoms with Crippen LogP contribution in [0.15, 0.2) is 42.6 Å². The van der Waals surface area contributed by atoms with Crippen LogP contribution in [-0.2, 0) is 11.3 Å². The molecule has 2 aromatic carbocycles.